The van der Waals surface area contributed by atoms with E-state index in [1.807, 2.05) is 25.1 Å². The summed E-state index contributed by atoms with van der Waals surface area (Å²) in [6.45, 7) is 4.08. The van der Waals surface area contributed by atoms with Gasteiger partial charge in [0.2, 0.25) is 0 Å². The second-order valence-corrected chi connectivity index (χ2v) is 5.75. The number of rotatable bonds is 2. The predicted molar refractivity (Wildman–Crippen MR) is 86.5 cm³/mol. The van der Waals surface area contributed by atoms with E-state index < -0.39 is 0 Å². The maximum Gasteiger partial charge on any atom is 0.130 e. The molecule has 3 rings (SSSR count). The average Bonchev–Trinajstić information content (AvgIpc) is 3.08. The van der Waals surface area contributed by atoms with Gasteiger partial charge in [-0.15, -0.1) is 0 Å². The minimum Gasteiger partial charge on any atom is -0.318 e. The molecule has 1 aliphatic rings. The molecule has 108 valence electrons. The van der Waals surface area contributed by atoms with Gasteiger partial charge in [0.1, 0.15) is 17.7 Å². The Morgan fingerprint density at radius 3 is 2.55 bits per heavy atom. The highest BCUT2D eigenvalue weighted by Crippen LogP contribution is 2.28. The molecule has 2 aromatic rings. The lowest BCUT2D eigenvalue weighted by molar-refractivity contribution is 0.910. The van der Waals surface area contributed by atoms with E-state index in [2.05, 4.69) is 29.7 Å². The van der Waals surface area contributed by atoms with Crippen molar-refractivity contribution < 1.29 is 0 Å². The molecule has 3 heteroatoms. The van der Waals surface area contributed by atoms with Crippen molar-refractivity contribution in [1.82, 2.24) is 4.57 Å². The fourth-order valence-electron chi connectivity index (χ4n) is 3.27. The summed E-state index contributed by atoms with van der Waals surface area (Å²) in [6, 6.07) is 12.5. The van der Waals surface area contributed by atoms with Crippen LogP contribution in [-0.4, -0.2) is 4.57 Å². The predicted octanol–water partition coefficient (Wildman–Crippen LogP) is 4.01. The van der Waals surface area contributed by atoms with Gasteiger partial charge in [0, 0.05) is 17.1 Å². The molecule has 1 heterocycles. The van der Waals surface area contributed by atoms with Gasteiger partial charge in [-0.1, -0.05) is 6.07 Å². The summed E-state index contributed by atoms with van der Waals surface area (Å²) in [5.74, 6) is 0. The molecule has 0 saturated carbocycles. The van der Waals surface area contributed by atoms with Gasteiger partial charge in [-0.05, 0) is 74.1 Å². The van der Waals surface area contributed by atoms with Gasteiger partial charge in [-0.3, -0.25) is 0 Å². The molecule has 0 radical (unpaired) electrons. The van der Waals surface area contributed by atoms with Crippen molar-refractivity contribution in [3.05, 3.63) is 57.9 Å². The molecular formula is C19H17N3. The topological polar surface area (TPSA) is 52.5 Å². The Morgan fingerprint density at radius 2 is 1.82 bits per heavy atom. The first-order chi connectivity index (χ1) is 10.6. The summed E-state index contributed by atoms with van der Waals surface area (Å²) in [5, 5.41) is 17.9. The standard InChI is InChI=1S/C19H17N3/c1-13-8-18(9-15(11-20)12-21)14(2)22(13)19-7-6-16-4-3-5-17(16)10-19/h6-10H,3-5H2,1-2H3. The second kappa shape index (κ2) is 5.54. The first-order valence-corrected chi connectivity index (χ1v) is 7.47. The van der Waals surface area contributed by atoms with Crippen molar-refractivity contribution in [3.8, 4) is 17.8 Å². The number of fused-ring (bicyclic) bond motifs is 1. The number of nitrogens with zero attached hydrogens (tertiary/aromatic N) is 3. The van der Waals surface area contributed by atoms with Gasteiger partial charge >= 0.3 is 0 Å². The fourth-order valence-corrected chi connectivity index (χ4v) is 3.27. The van der Waals surface area contributed by atoms with E-state index in [1.54, 1.807) is 6.08 Å². The molecule has 0 aliphatic heterocycles. The molecule has 0 spiro atoms. The molecule has 0 unspecified atom stereocenters. The molecule has 1 aromatic carbocycles. The third kappa shape index (κ3) is 2.32. The van der Waals surface area contributed by atoms with Crippen LogP contribution in [0.15, 0.2) is 29.8 Å². The zero-order chi connectivity index (χ0) is 15.7. The van der Waals surface area contributed by atoms with E-state index >= 15 is 0 Å². The van der Waals surface area contributed by atoms with E-state index in [-0.39, 0.29) is 5.57 Å². The maximum absolute atomic E-state index is 8.93. The van der Waals surface area contributed by atoms with Crippen LogP contribution in [0.4, 0.5) is 0 Å². The van der Waals surface area contributed by atoms with Crippen LogP contribution < -0.4 is 0 Å². The lowest BCUT2D eigenvalue weighted by Crippen LogP contribution is -2.00. The number of hydrogen-bond acceptors (Lipinski definition) is 2. The zero-order valence-electron chi connectivity index (χ0n) is 12.8. The minimum absolute atomic E-state index is 0.134. The summed E-state index contributed by atoms with van der Waals surface area (Å²) in [6.07, 6.45) is 5.24. The van der Waals surface area contributed by atoms with E-state index in [1.165, 1.54) is 24.0 Å². The number of hydrogen-bond donors (Lipinski definition) is 0. The Balaban J connectivity index is 2.10. The number of nitriles is 2. The molecule has 22 heavy (non-hydrogen) atoms. The van der Waals surface area contributed by atoms with Gasteiger partial charge < -0.3 is 4.57 Å². The van der Waals surface area contributed by atoms with E-state index in [9.17, 15) is 0 Å². The Bertz CT molecular complexity index is 838. The van der Waals surface area contributed by atoms with E-state index in [4.69, 9.17) is 10.5 Å². The number of allylic oxidation sites excluding steroid dienone is 1. The third-order valence-electron chi connectivity index (χ3n) is 4.35. The Hall–Kier alpha value is -2.78. The van der Waals surface area contributed by atoms with Gasteiger partial charge in [0.25, 0.3) is 0 Å². The van der Waals surface area contributed by atoms with Crippen molar-refractivity contribution in [2.24, 2.45) is 0 Å². The van der Waals surface area contributed by atoms with Gasteiger partial charge in [-0.2, -0.15) is 10.5 Å². The number of aromatic nitrogens is 1. The van der Waals surface area contributed by atoms with Crippen molar-refractivity contribution in [2.75, 3.05) is 0 Å². The van der Waals surface area contributed by atoms with E-state index in [0.29, 0.717) is 0 Å². The molecule has 0 saturated heterocycles. The summed E-state index contributed by atoms with van der Waals surface area (Å²) < 4.78 is 2.19. The molecule has 0 atom stereocenters. The smallest absolute Gasteiger partial charge is 0.130 e. The SMILES string of the molecule is Cc1cc(C=C(C#N)C#N)c(C)n1-c1ccc2c(c1)CCC2. The Kier molecular flexibility index (Phi) is 3.57. The van der Waals surface area contributed by atoms with Crippen LogP contribution in [0.5, 0.6) is 0 Å². The van der Waals surface area contributed by atoms with Gasteiger partial charge in [0.05, 0.1) is 0 Å². The highest BCUT2D eigenvalue weighted by atomic mass is 15.0. The summed E-state index contributed by atoms with van der Waals surface area (Å²) in [7, 11) is 0. The first kappa shape index (κ1) is 14.2. The van der Waals surface area contributed by atoms with Crippen LogP contribution in [0, 0.1) is 36.5 Å². The largest absolute Gasteiger partial charge is 0.318 e. The van der Waals surface area contributed by atoms with Crippen molar-refractivity contribution >= 4 is 6.08 Å². The molecule has 3 nitrogen and oxygen atoms in total. The molecule has 0 amide bonds. The summed E-state index contributed by atoms with van der Waals surface area (Å²) in [4.78, 5) is 0. The van der Waals surface area contributed by atoms with Crippen LogP contribution in [0.3, 0.4) is 0 Å². The van der Waals surface area contributed by atoms with Crippen molar-refractivity contribution in [3.63, 3.8) is 0 Å². The molecule has 1 aliphatic carbocycles. The number of aryl methyl sites for hydroxylation is 3. The van der Waals surface area contributed by atoms with Crippen LogP contribution in [-0.2, 0) is 12.8 Å². The zero-order valence-corrected chi connectivity index (χ0v) is 12.8. The second-order valence-electron chi connectivity index (χ2n) is 5.75. The normalized spacial score (nSPS) is 12.4. The lowest BCUT2D eigenvalue weighted by Gasteiger charge is -2.11. The maximum atomic E-state index is 8.93. The van der Waals surface area contributed by atoms with Crippen LogP contribution in [0.2, 0.25) is 0 Å². The van der Waals surface area contributed by atoms with Crippen LogP contribution in [0.25, 0.3) is 11.8 Å². The van der Waals surface area contributed by atoms with Crippen molar-refractivity contribution in [2.45, 2.75) is 33.1 Å². The monoisotopic (exact) mass is 287 g/mol. The Labute approximate surface area is 130 Å². The quantitative estimate of drug-likeness (QED) is 0.783. The lowest BCUT2D eigenvalue weighted by atomic mass is 10.1. The third-order valence-corrected chi connectivity index (χ3v) is 4.35. The fraction of sp³-hybridized carbons (Fsp3) is 0.263. The highest BCUT2D eigenvalue weighted by Gasteiger charge is 2.14. The first-order valence-electron chi connectivity index (χ1n) is 7.47. The average molecular weight is 287 g/mol. The van der Waals surface area contributed by atoms with E-state index in [0.717, 1.165) is 29.1 Å². The van der Waals surface area contributed by atoms with Crippen molar-refractivity contribution in [1.29, 1.82) is 10.5 Å². The Morgan fingerprint density at radius 1 is 1.09 bits per heavy atom. The van der Waals surface area contributed by atoms with Crippen LogP contribution in [0.1, 0.15) is 34.5 Å². The van der Waals surface area contributed by atoms with Gasteiger partial charge in [0.15, 0.2) is 0 Å². The van der Waals surface area contributed by atoms with Gasteiger partial charge in [-0.25, -0.2) is 0 Å². The molecular weight excluding hydrogens is 270 g/mol. The minimum atomic E-state index is 0.134. The molecule has 0 fully saturated rings. The number of benzene rings is 1. The molecule has 0 bridgehead atoms. The molecule has 0 N–H and O–H groups in total. The van der Waals surface area contributed by atoms with Crippen LogP contribution >= 0.6 is 0 Å². The molecule has 1 aromatic heterocycles. The summed E-state index contributed by atoms with van der Waals surface area (Å²) >= 11 is 0. The summed E-state index contributed by atoms with van der Waals surface area (Å²) in [5.41, 5.74) is 7.28. The highest BCUT2D eigenvalue weighted by molar-refractivity contribution is 5.65.